The lowest BCUT2D eigenvalue weighted by Crippen LogP contribution is -3.15. The van der Waals surface area contributed by atoms with E-state index >= 15 is 0 Å². The van der Waals surface area contributed by atoms with Crippen molar-refractivity contribution in [2.75, 3.05) is 39.3 Å². The van der Waals surface area contributed by atoms with Crippen LogP contribution in [0.2, 0.25) is 0 Å². The van der Waals surface area contributed by atoms with Crippen molar-refractivity contribution in [1.82, 2.24) is 9.62 Å². The first-order valence-corrected chi connectivity index (χ1v) is 9.17. The van der Waals surface area contributed by atoms with Gasteiger partial charge in [-0.15, -0.1) is 6.42 Å². The molecule has 1 aliphatic rings. The maximum atomic E-state index is 12.4. The molecule has 1 fully saturated rings. The van der Waals surface area contributed by atoms with E-state index in [-0.39, 0.29) is 18.2 Å². The Morgan fingerprint density at radius 2 is 1.91 bits per heavy atom. The summed E-state index contributed by atoms with van der Waals surface area (Å²) in [7, 11) is -3.31. The Balaban J connectivity index is 1.84. The minimum absolute atomic E-state index is 0.0197. The van der Waals surface area contributed by atoms with E-state index in [9.17, 15) is 13.2 Å². The number of carbonyl (C=O) groups excluding carboxylic acids is 1. The van der Waals surface area contributed by atoms with Crippen LogP contribution in [-0.4, -0.2) is 57.9 Å². The van der Waals surface area contributed by atoms with Crippen molar-refractivity contribution < 1.29 is 18.1 Å². The molecule has 0 bridgehead atoms. The minimum atomic E-state index is -3.31. The fraction of sp³-hybridized carbons (Fsp3) is 0.438. The van der Waals surface area contributed by atoms with Gasteiger partial charge in [-0.2, -0.15) is 4.31 Å². The van der Waals surface area contributed by atoms with Crippen LogP contribution in [0.1, 0.15) is 5.56 Å². The molecule has 0 unspecified atom stereocenters. The highest BCUT2D eigenvalue weighted by atomic mass is 32.2. The Labute approximate surface area is 137 Å². The SMILES string of the molecule is C#CCNC(=O)C[NH+]1CCN(S(=O)(=O)Cc2ccccc2)CC1. The molecule has 0 saturated carbocycles. The number of terminal acetylenes is 1. The predicted octanol–water partition coefficient (Wildman–Crippen LogP) is -1.53. The van der Waals surface area contributed by atoms with Crippen LogP contribution in [0.5, 0.6) is 0 Å². The van der Waals surface area contributed by atoms with Crippen molar-refractivity contribution in [3.05, 3.63) is 35.9 Å². The van der Waals surface area contributed by atoms with Gasteiger partial charge in [0, 0.05) is 0 Å². The smallest absolute Gasteiger partial charge is 0.275 e. The second-order valence-electron chi connectivity index (χ2n) is 5.55. The summed E-state index contributed by atoms with van der Waals surface area (Å²) in [6, 6.07) is 9.16. The van der Waals surface area contributed by atoms with E-state index < -0.39 is 10.0 Å². The Morgan fingerprint density at radius 1 is 1.26 bits per heavy atom. The number of piperazine rings is 1. The van der Waals surface area contributed by atoms with E-state index in [4.69, 9.17) is 6.42 Å². The van der Waals surface area contributed by atoms with Gasteiger partial charge in [-0.1, -0.05) is 36.3 Å². The van der Waals surface area contributed by atoms with Crippen LogP contribution in [0.3, 0.4) is 0 Å². The number of rotatable bonds is 6. The molecule has 6 nitrogen and oxygen atoms in total. The predicted molar refractivity (Wildman–Crippen MR) is 88.0 cm³/mol. The topological polar surface area (TPSA) is 70.9 Å². The molecule has 0 aliphatic carbocycles. The normalized spacial score (nSPS) is 16.7. The second kappa shape index (κ2) is 8.11. The van der Waals surface area contributed by atoms with Crippen LogP contribution in [-0.2, 0) is 20.6 Å². The lowest BCUT2D eigenvalue weighted by molar-refractivity contribution is -0.895. The first-order chi connectivity index (χ1) is 11.0. The number of benzene rings is 1. The fourth-order valence-electron chi connectivity index (χ4n) is 2.57. The zero-order chi connectivity index (χ0) is 16.7. The van der Waals surface area contributed by atoms with Crippen molar-refractivity contribution in [3.8, 4) is 12.3 Å². The minimum Gasteiger partial charge on any atom is -0.340 e. The molecule has 0 aromatic heterocycles. The summed E-state index contributed by atoms with van der Waals surface area (Å²) in [6.07, 6.45) is 5.09. The summed E-state index contributed by atoms with van der Waals surface area (Å²) in [4.78, 5) is 12.7. The van der Waals surface area contributed by atoms with E-state index in [1.54, 1.807) is 0 Å². The van der Waals surface area contributed by atoms with E-state index in [0.29, 0.717) is 32.7 Å². The zero-order valence-electron chi connectivity index (χ0n) is 13.0. The molecule has 1 saturated heterocycles. The number of hydrogen-bond acceptors (Lipinski definition) is 3. The van der Waals surface area contributed by atoms with E-state index in [1.165, 1.54) is 4.31 Å². The van der Waals surface area contributed by atoms with Gasteiger partial charge in [0.25, 0.3) is 5.91 Å². The first kappa shape index (κ1) is 17.5. The molecule has 1 aliphatic heterocycles. The van der Waals surface area contributed by atoms with Crippen LogP contribution < -0.4 is 10.2 Å². The van der Waals surface area contributed by atoms with Gasteiger partial charge in [0.2, 0.25) is 10.0 Å². The van der Waals surface area contributed by atoms with Gasteiger partial charge in [0.15, 0.2) is 6.54 Å². The van der Waals surface area contributed by atoms with Gasteiger partial charge in [0.05, 0.1) is 38.5 Å². The highest BCUT2D eigenvalue weighted by Crippen LogP contribution is 2.10. The third kappa shape index (κ3) is 5.36. The van der Waals surface area contributed by atoms with Gasteiger partial charge < -0.3 is 10.2 Å². The van der Waals surface area contributed by atoms with Crippen molar-refractivity contribution in [3.63, 3.8) is 0 Å². The average molecular weight is 336 g/mol. The quantitative estimate of drug-likeness (QED) is 0.619. The van der Waals surface area contributed by atoms with Gasteiger partial charge in [-0.3, -0.25) is 4.79 Å². The standard InChI is InChI=1S/C16H21N3O3S/c1-2-8-17-16(20)13-18-9-11-19(12-10-18)23(21,22)14-15-6-4-3-5-7-15/h1,3-7H,8-14H2,(H,17,20)/p+1. The second-order valence-corrected chi connectivity index (χ2v) is 7.52. The van der Waals surface area contributed by atoms with Crippen LogP contribution in [0.25, 0.3) is 0 Å². The summed E-state index contributed by atoms with van der Waals surface area (Å²) in [5, 5.41) is 2.63. The summed E-state index contributed by atoms with van der Waals surface area (Å²) < 4.78 is 26.4. The molecule has 0 spiro atoms. The Hall–Kier alpha value is -1.88. The number of quaternary nitrogens is 1. The molecule has 1 amide bonds. The maximum absolute atomic E-state index is 12.4. The molecular weight excluding hydrogens is 314 g/mol. The van der Waals surface area contributed by atoms with Gasteiger partial charge >= 0.3 is 0 Å². The van der Waals surface area contributed by atoms with Gasteiger partial charge in [0.1, 0.15) is 0 Å². The highest BCUT2D eigenvalue weighted by Gasteiger charge is 2.29. The number of sulfonamides is 1. The van der Waals surface area contributed by atoms with E-state index in [1.807, 2.05) is 30.3 Å². The molecule has 2 rings (SSSR count). The van der Waals surface area contributed by atoms with Crippen molar-refractivity contribution in [2.45, 2.75) is 5.75 Å². The van der Waals surface area contributed by atoms with E-state index in [2.05, 4.69) is 11.2 Å². The molecule has 2 N–H and O–H groups in total. The Kier molecular flexibility index (Phi) is 6.16. The largest absolute Gasteiger partial charge is 0.340 e. The fourth-order valence-corrected chi connectivity index (χ4v) is 4.11. The molecule has 124 valence electrons. The summed E-state index contributed by atoms with van der Waals surface area (Å²) in [5.41, 5.74) is 0.788. The maximum Gasteiger partial charge on any atom is 0.275 e. The molecule has 0 atom stereocenters. The highest BCUT2D eigenvalue weighted by molar-refractivity contribution is 7.88. The number of nitrogens with zero attached hydrogens (tertiary/aromatic N) is 1. The Morgan fingerprint density at radius 3 is 2.52 bits per heavy atom. The Bertz CT molecular complexity index is 660. The lowest BCUT2D eigenvalue weighted by atomic mass is 10.2. The van der Waals surface area contributed by atoms with Gasteiger partial charge in [-0.05, 0) is 5.56 Å². The number of carbonyl (C=O) groups is 1. The number of nitrogens with one attached hydrogen (secondary N) is 2. The van der Waals surface area contributed by atoms with Crippen LogP contribution in [0, 0.1) is 12.3 Å². The van der Waals surface area contributed by atoms with E-state index in [0.717, 1.165) is 10.5 Å². The van der Waals surface area contributed by atoms with Crippen molar-refractivity contribution in [1.29, 1.82) is 0 Å². The molecule has 23 heavy (non-hydrogen) atoms. The lowest BCUT2D eigenvalue weighted by Gasteiger charge is -2.31. The number of hydrogen-bond donors (Lipinski definition) is 2. The summed E-state index contributed by atoms with van der Waals surface area (Å²) in [6.45, 7) is 2.67. The molecule has 0 radical (unpaired) electrons. The van der Waals surface area contributed by atoms with Crippen LogP contribution in [0.15, 0.2) is 30.3 Å². The monoisotopic (exact) mass is 336 g/mol. The third-order valence-corrected chi connectivity index (χ3v) is 5.66. The molecule has 1 aromatic carbocycles. The zero-order valence-corrected chi connectivity index (χ0v) is 13.8. The van der Waals surface area contributed by atoms with Crippen molar-refractivity contribution in [2.24, 2.45) is 0 Å². The van der Waals surface area contributed by atoms with Crippen molar-refractivity contribution >= 4 is 15.9 Å². The van der Waals surface area contributed by atoms with Gasteiger partial charge in [-0.25, -0.2) is 8.42 Å². The molecular formula is C16H22N3O3S+. The van der Waals surface area contributed by atoms with Crippen LogP contribution >= 0.6 is 0 Å². The first-order valence-electron chi connectivity index (χ1n) is 7.57. The van der Waals surface area contributed by atoms with Crippen LogP contribution in [0.4, 0.5) is 0 Å². The summed E-state index contributed by atoms with van der Waals surface area (Å²) >= 11 is 0. The summed E-state index contributed by atoms with van der Waals surface area (Å²) in [5.74, 6) is 2.28. The third-order valence-electron chi connectivity index (χ3n) is 3.81. The molecule has 1 heterocycles. The molecule has 7 heteroatoms. The average Bonchev–Trinajstić information content (AvgIpc) is 2.54. The number of amides is 1. The molecule has 1 aromatic rings.